The average Bonchev–Trinajstić information content (AvgIpc) is 2.26. The minimum absolute atomic E-state index is 0.104. The summed E-state index contributed by atoms with van der Waals surface area (Å²) in [6.45, 7) is 8.67. The Morgan fingerprint density at radius 2 is 1.42 bits per heavy atom. The van der Waals surface area contributed by atoms with Crippen molar-refractivity contribution in [2.75, 3.05) is 0 Å². The van der Waals surface area contributed by atoms with Gasteiger partial charge < -0.3 is 5.11 Å². The van der Waals surface area contributed by atoms with E-state index in [-0.39, 0.29) is 17.4 Å². The van der Waals surface area contributed by atoms with Gasteiger partial charge >= 0.3 is 6.18 Å². The quantitative estimate of drug-likeness (QED) is 0.846. The SMILES string of the molecule is CC(C)c1ccc(C(C)(O)C(F)(F)F)cc1C(C)C. The second-order valence-corrected chi connectivity index (χ2v) is 5.72. The molecule has 0 saturated carbocycles. The molecular formula is C15H21F3O. The zero-order valence-electron chi connectivity index (χ0n) is 12.0. The Labute approximate surface area is 112 Å². The van der Waals surface area contributed by atoms with Crippen molar-refractivity contribution in [2.24, 2.45) is 0 Å². The third-order valence-electron chi connectivity index (χ3n) is 3.44. The maximum Gasteiger partial charge on any atom is 0.421 e. The van der Waals surface area contributed by atoms with Gasteiger partial charge in [-0.2, -0.15) is 13.2 Å². The van der Waals surface area contributed by atoms with E-state index in [4.69, 9.17) is 0 Å². The monoisotopic (exact) mass is 274 g/mol. The number of halogens is 3. The van der Waals surface area contributed by atoms with Crippen LogP contribution in [0.3, 0.4) is 0 Å². The predicted octanol–water partition coefficient (Wildman–Crippen LogP) is 4.70. The van der Waals surface area contributed by atoms with E-state index < -0.39 is 11.8 Å². The minimum atomic E-state index is -4.68. The van der Waals surface area contributed by atoms with Gasteiger partial charge in [-0.3, -0.25) is 0 Å². The molecule has 1 atom stereocenters. The summed E-state index contributed by atoms with van der Waals surface area (Å²) in [5.41, 5.74) is -1.03. The summed E-state index contributed by atoms with van der Waals surface area (Å²) in [5, 5.41) is 9.73. The van der Waals surface area contributed by atoms with Crippen LogP contribution in [0.15, 0.2) is 18.2 Å². The number of hydrogen-bond acceptors (Lipinski definition) is 1. The van der Waals surface area contributed by atoms with Gasteiger partial charge in [-0.15, -0.1) is 0 Å². The molecule has 19 heavy (non-hydrogen) atoms. The summed E-state index contributed by atoms with van der Waals surface area (Å²) < 4.78 is 38.6. The normalized spacial score (nSPS) is 15.9. The molecule has 0 radical (unpaired) electrons. The number of benzene rings is 1. The van der Waals surface area contributed by atoms with Crippen molar-refractivity contribution >= 4 is 0 Å². The van der Waals surface area contributed by atoms with Gasteiger partial charge in [0.2, 0.25) is 0 Å². The van der Waals surface area contributed by atoms with Gasteiger partial charge in [0.1, 0.15) is 0 Å². The van der Waals surface area contributed by atoms with E-state index in [2.05, 4.69) is 0 Å². The molecule has 0 heterocycles. The van der Waals surface area contributed by atoms with Crippen LogP contribution in [0.2, 0.25) is 0 Å². The van der Waals surface area contributed by atoms with E-state index in [1.807, 2.05) is 27.7 Å². The van der Waals surface area contributed by atoms with Crippen LogP contribution in [0.5, 0.6) is 0 Å². The topological polar surface area (TPSA) is 20.2 Å². The van der Waals surface area contributed by atoms with Crippen molar-refractivity contribution in [3.8, 4) is 0 Å². The van der Waals surface area contributed by atoms with E-state index in [1.165, 1.54) is 12.1 Å². The molecule has 0 aromatic heterocycles. The van der Waals surface area contributed by atoms with Crippen molar-refractivity contribution in [3.63, 3.8) is 0 Å². The predicted molar refractivity (Wildman–Crippen MR) is 70.2 cm³/mol. The van der Waals surface area contributed by atoms with E-state index >= 15 is 0 Å². The Morgan fingerprint density at radius 1 is 0.947 bits per heavy atom. The highest BCUT2D eigenvalue weighted by molar-refractivity contribution is 5.38. The van der Waals surface area contributed by atoms with Gasteiger partial charge in [0.25, 0.3) is 0 Å². The number of rotatable bonds is 3. The summed E-state index contributed by atoms with van der Waals surface area (Å²) in [6.07, 6.45) is -4.68. The van der Waals surface area contributed by atoms with Crippen molar-refractivity contribution in [3.05, 3.63) is 34.9 Å². The molecule has 1 nitrogen and oxygen atoms in total. The maximum atomic E-state index is 12.9. The summed E-state index contributed by atoms with van der Waals surface area (Å²) >= 11 is 0. The largest absolute Gasteiger partial charge is 0.421 e. The summed E-state index contributed by atoms with van der Waals surface area (Å²) in [6, 6.07) is 4.54. The first kappa shape index (κ1) is 16.0. The number of aliphatic hydroxyl groups is 1. The molecule has 1 rings (SSSR count). The second kappa shape index (κ2) is 5.16. The fourth-order valence-electron chi connectivity index (χ4n) is 2.07. The van der Waals surface area contributed by atoms with E-state index in [1.54, 1.807) is 6.07 Å². The molecule has 0 fully saturated rings. The van der Waals surface area contributed by atoms with Gasteiger partial charge in [-0.25, -0.2) is 0 Å². The molecule has 0 amide bonds. The van der Waals surface area contributed by atoms with Gasteiger partial charge in [0, 0.05) is 0 Å². The highest BCUT2D eigenvalue weighted by atomic mass is 19.4. The average molecular weight is 274 g/mol. The van der Waals surface area contributed by atoms with Crippen molar-refractivity contribution < 1.29 is 18.3 Å². The molecule has 0 aliphatic heterocycles. The lowest BCUT2D eigenvalue weighted by Gasteiger charge is -2.28. The lowest BCUT2D eigenvalue weighted by atomic mass is 9.85. The van der Waals surface area contributed by atoms with Crippen molar-refractivity contribution in [2.45, 2.75) is 58.2 Å². The lowest BCUT2D eigenvalue weighted by molar-refractivity contribution is -0.258. The Hall–Kier alpha value is -1.03. The highest BCUT2D eigenvalue weighted by Gasteiger charge is 2.51. The number of hydrogen-bond donors (Lipinski definition) is 1. The van der Waals surface area contributed by atoms with Crippen LogP contribution < -0.4 is 0 Å². The van der Waals surface area contributed by atoms with Crippen LogP contribution >= 0.6 is 0 Å². The van der Waals surface area contributed by atoms with Gasteiger partial charge in [-0.1, -0.05) is 45.9 Å². The summed E-state index contributed by atoms with van der Waals surface area (Å²) in [4.78, 5) is 0. The zero-order valence-corrected chi connectivity index (χ0v) is 12.0. The van der Waals surface area contributed by atoms with Gasteiger partial charge in [-0.05, 0) is 35.4 Å². The first-order chi connectivity index (χ1) is 8.48. The molecule has 1 N–H and O–H groups in total. The van der Waals surface area contributed by atoms with Crippen LogP contribution in [-0.2, 0) is 5.60 Å². The van der Waals surface area contributed by atoms with Crippen LogP contribution in [0.25, 0.3) is 0 Å². The first-order valence-corrected chi connectivity index (χ1v) is 6.42. The zero-order chi connectivity index (χ0) is 15.0. The van der Waals surface area contributed by atoms with E-state index in [9.17, 15) is 18.3 Å². The fourth-order valence-corrected chi connectivity index (χ4v) is 2.07. The molecule has 0 aliphatic rings. The highest BCUT2D eigenvalue weighted by Crippen LogP contribution is 2.40. The molecule has 1 aromatic rings. The van der Waals surface area contributed by atoms with Crippen molar-refractivity contribution in [1.29, 1.82) is 0 Å². The van der Waals surface area contributed by atoms with Crippen molar-refractivity contribution in [1.82, 2.24) is 0 Å². The van der Waals surface area contributed by atoms with Gasteiger partial charge in [0.05, 0.1) is 0 Å². The second-order valence-electron chi connectivity index (χ2n) is 5.72. The van der Waals surface area contributed by atoms with Crippen LogP contribution in [0.4, 0.5) is 13.2 Å². The molecule has 0 bridgehead atoms. The standard InChI is InChI=1S/C15H21F3O/c1-9(2)12-7-6-11(8-13(12)10(3)4)14(5,19)15(16,17)18/h6-10,19H,1-5H3. The summed E-state index contributed by atoms with van der Waals surface area (Å²) in [5.74, 6) is 0.351. The minimum Gasteiger partial charge on any atom is -0.376 e. The molecule has 0 aliphatic carbocycles. The lowest BCUT2D eigenvalue weighted by Crippen LogP contribution is -2.39. The smallest absolute Gasteiger partial charge is 0.376 e. The summed E-state index contributed by atoms with van der Waals surface area (Å²) in [7, 11) is 0. The molecule has 0 saturated heterocycles. The Kier molecular flexibility index (Phi) is 4.35. The Balaban J connectivity index is 3.38. The molecule has 0 spiro atoms. The van der Waals surface area contributed by atoms with Crippen LogP contribution in [0.1, 0.15) is 63.1 Å². The Bertz CT molecular complexity index is 445. The fraction of sp³-hybridized carbons (Fsp3) is 0.600. The third-order valence-corrected chi connectivity index (χ3v) is 3.44. The van der Waals surface area contributed by atoms with Crippen LogP contribution in [-0.4, -0.2) is 11.3 Å². The van der Waals surface area contributed by atoms with E-state index in [0.29, 0.717) is 0 Å². The van der Waals surface area contributed by atoms with Crippen LogP contribution in [0, 0.1) is 0 Å². The third kappa shape index (κ3) is 3.11. The Morgan fingerprint density at radius 3 is 1.79 bits per heavy atom. The number of alkyl halides is 3. The maximum absolute atomic E-state index is 12.9. The molecule has 1 aromatic carbocycles. The molecule has 108 valence electrons. The molecular weight excluding hydrogens is 253 g/mol. The molecule has 1 unspecified atom stereocenters. The van der Waals surface area contributed by atoms with Gasteiger partial charge in [0.15, 0.2) is 5.60 Å². The van der Waals surface area contributed by atoms with E-state index in [0.717, 1.165) is 18.1 Å². The first-order valence-electron chi connectivity index (χ1n) is 6.42. The molecule has 4 heteroatoms.